The van der Waals surface area contributed by atoms with E-state index < -0.39 is 12.1 Å². The van der Waals surface area contributed by atoms with Crippen LogP contribution in [0.1, 0.15) is 111 Å². The highest BCUT2D eigenvalue weighted by Crippen LogP contribution is 2.10. The van der Waals surface area contributed by atoms with E-state index in [9.17, 15) is 9.59 Å². The SMILES string of the molecule is CCCCCCCC/C=C\CCCCCCCC(=O)OC(C)C(=O)OCC. The fourth-order valence-electron chi connectivity index (χ4n) is 2.90. The van der Waals surface area contributed by atoms with Crippen LogP contribution in [0.5, 0.6) is 0 Å². The Morgan fingerprint density at radius 3 is 1.85 bits per heavy atom. The van der Waals surface area contributed by atoms with E-state index in [2.05, 4.69) is 19.1 Å². The minimum absolute atomic E-state index is 0.301. The molecule has 1 atom stereocenters. The van der Waals surface area contributed by atoms with E-state index in [4.69, 9.17) is 9.47 Å². The molecule has 0 spiro atoms. The molecule has 0 saturated carbocycles. The Morgan fingerprint density at radius 1 is 0.778 bits per heavy atom. The number of carbonyl (C=O) groups is 2. The van der Waals surface area contributed by atoms with Gasteiger partial charge >= 0.3 is 11.9 Å². The van der Waals surface area contributed by atoms with E-state index in [0.29, 0.717) is 13.0 Å². The fourth-order valence-corrected chi connectivity index (χ4v) is 2.90. The van der Waals surface area contributed by atoms with E-state index in [0.717, 1.165) is 25.7 Å². The second-order valence-electron chi connectivity index (χ2n) is 7.22. The number of hydrogen-bond acceptors (Lipinski definition) is 4. The summed E-state index contributed by atoms with van der Waals surface area (Å²) in [4.78, 5) is 23.0. The van der Waals surface area contributed by atoms with Crippen LogP contribution in [0.15, 0.2) is 12.2 Å². The van der Waals surface area contributed by atoms with Gasteiger partial charge in [0.1, 0.15) is 0 Å². The van der Waals surface area contributed by atoms with Crippen LogP contribution >= 0.6 is 0 Å². The average Bonchev–Trinajstić information content (AvgIpc) is 2.65. The first-order valence-corrected chi connectivity index (χ1v) is 11.1. The Labute approximate surface area is 167 Å². The van der Waals surface area contributed by atoms with Gasteiger partial charge in [-0.15, -0.1) is 0 Å². The van der Waals surface area contributed by atoms with Gasteiger partial charge in [0.15, 0.2) is 6.10 Å². The fraction of sp³-hybridized carbons (Fsp3) is 0.826. The van der Waals surface area contributed by atoms with Crippen molar-refractivity contribution in [3.8, 4) is 0 Å². The van der Waals surface area contributed by atoms with Crippen molar-refractivity contribution < 1.29 is 19.1 Å². The highest BCUT2D eigenvalue weighted by molar-refractivity contribution is 5.78. The quantitative estimate of drug-likeness (QED) is 0.154. The lowest BCUT2D eigenvalue weighted by Gasteiger charge is -2.11. The number of unbranched alkanes of at least 4 members (excludes halogenated alkanes) is 11. The molecule has 1 unspecified atom stereocenters. The number of carbonyl (C=O) groups excluding carboxylic acids is 2. The predicted octanol–water partition coefficient (Wildman–Crippen LogP) is 6.52. The zero-order chi connectivity index (χ0) is 20.2. The zero-order valence-corrected chi connectivity index (χ0v) is 18.0. The Morgan fingerprint density at radius 2 is 1.30 bits per heavy atom. The molecule has 0 aliphatic carbocycles. The Balaban J connectivity index is 3.38. The lowest BCUT2D eigenvalue weighted by atomic mass is 10.1. The van der Waals surface area contributed by atoms with Gasteiger partial charge < -0.3 is 9.47 Å². The molecule has 0 aliphatic heterocycles. The van der Waals surface area contributed by atoms with Crippen LogP contribution in [0.25, 0.3) is 0 Å². The van der Waals surface area contributed by atoms with Gasteiger partial charge in [-0.25, -0.2) is 4.79 Å². The first kappa shape index (κ1) is 25.7. The second kappa shape index (κ2) is 19.4. The number of ether oxygens (including phenoxy) is 2. The van der Waals surface area contributed by atoms with Gasteiger partial charge in [-0.05, 0) is 46.0 Å². The van der Waals surface area contributed by atoms with Crippen molar-refractivity contribution in [2.45, 2.75) is 117 Å². The molecule has 27 heavy (non-hydrogen) atoms. The van der Waals surface area contributed by atoms with Crippen LogP contribution in [0.3, 0.4) is 0 Å². The third-order valence-corrected chi connectivity index (χ3v) is 4.57. The van der Waals surface area contributed by atoms with Gasteiger partial charge in [-0.2, -0.15) is 0 Å². The Kier molecular flexibility index (Phi) is 18.5. The molecular formula is C23H42O4. The smallest absolute Gasteiger partial charge is 0.347 e. The van der Waals surface area contributed by atoms with Crippen molar-refractivity contribution in [1.82, 2.24) is 0 Å². The molecule has 0 aromatic carbocycles. The van der Waals surface area contributed by atoms with Crippen molar-refractivity contribution >= 4 is 11.9 Å². The van der Waals surface area contributed by atoms with Crippen LogP contribution in [0, 0.1) is 0 Å². The maximum absolute atomic E-state index is 11.7. The van der Waals surface area contributed by atoms with Gasteiger partial charge in [-0.1, -0.05) is 70.4 Å². The second-order valence-corrected chi connectivity index (χ2v) is 7.22. The van der Waals surface area contributed by atoms with Crippen LogP contribution in [0.4, 0.5) is 0 Å². The third-order valence-electron chi connectivity index (χ3n) is 4.57. The van der Waals surface area contributed by atoms with Crippen LogP contribution in [-0.2, 0) is 19.1 Å². The molecular weight excluding hydrogens is 340 g/mol. The van der Waals surface area contributed by atoms with Crippen LogP contribution in [-0.4, -0.2) is 24.6 Å². The van der Waals surface area contributed by atoms with E-state index in [-0.39, 0.29) is 5.97 Å². The van der Waals surface area contributed by atoms with E-state index in [1.54, 1.807) is 13.8 Å². The minimum atomic E-state index is -0.805. The number of rotatable bonds is 18. The number of esters is 2. The molecule has 0 heterocycles. The molecule has 0 saturated heterocycles. The number of hydrogen-bond donors (Lipinski definition) is 0. The van der Waals surface area contributed by atoms with Gasteiger partial charge in [0, 0.05) is 6.42 Å². The Hall–Kier alpha value is -1.32. The molecule has 0 N–H and O–H groups in total. The summed E-state index contributed by atoms with van der Waals surface area (Å²) in [5, 5.41) is 0. The van der Waals surface area contributed by atoms with Crippen molar-refractivity contribution in [1.29, 1.82) is 0 Å². The summed E-state index contributed by atoms with van der Waals surface area (Å²) in [6, 6.07) is 0. The largest absolute Gasteiger partial charge is 0.463 e. The van der Waals surface area contributed by atoms with E-state index >= 15 is 0 Å². The third kappa shape index (κ3) is 17.8. The molecule has 0 radical (unpaired) electrons. The summed E-state index contributed by atoms with van der Waals surface area (Å²) in [6.45, 7) is 5.84. The topological polar surface area (TPSA) is 52.6 Å². The first-order chi connectivity index (χ1) is 13.1. The highest BCUT2D eigenvalue weighted by Gasteiger charge is 2.18. The van der Waals surface area contributed by atoms with Gasteiger partial charge in [0.05, 0.1) is 6.61 Å². The average molecular weight is 383 g/mol. The standard InChI is InChI=1S/C23H42O4/c1-4-6-7-8-9-10-11-12-13-14-15-16-17-18-19-20-22(24)27-21(3)23(25)26-5-2/h12-13,21H,4-11,14-20H2,1-3H3/b13-12-. The Bertz CT molecular complexity index is 390. The van der Waals surface area contributed by atoms with E-state index in [1.165, 1.54) is 57.8 Å². The summed E-state index contributed by atoms with van der Waals surface area (Å²) in [5.74, 6) is -0.788. The molecule has 0 aliphatic rings. The molecule has 4 nitrogen and oxygen atoms in total. The molecule has 0 fully saturated rings. The maximum Gasteiger partial charge on any atom is 0.347 e. The van der Waals surface area contributed by atoms with Gasteiger partial charge in [0.2, 0.25) is 0 Å². The summed E-state index contributed by atoms with van der Waals surface area (Å²) in [7, 11) is 0. The van der Waals surface area contributed by atoms with Crippen molar-refractivity contribution in [3.05, 3.63) is 12.2 Å². The normalized spacial score (nSPS) is 12.3. The van der Waals surface area contributed by atoms with Crippen molar-refractivity contribution in [2.75, 3.05) is 6.61 Å². The van der Waals surface area contributed by atoms with Crippen LogP contribution < -0.4 is 0 Å². The molecule has 0 rings (SSSR count). The predicted molar refractivity (Wildman–Crippen MR) is 112 cm³/mol. The van der Waals surface area contributed by atoms with E-state index in [1.807, 2.05) is 0 Å². The van der Waals surface area contributed by atoms with Gasteiger partial charge in [-0.3, -0.25) is 4.79 Å². The molecule has 158 valence electrons. The molecule has 0 aromatic rings. The lowest BCUT2D eigenvalue weighted by Crippen LogP contribution is -2.26. The summed E-state index contributed by atoms with van der Waals surface area (Å²) in [6.07, 6.45) is 20.2. The molecule has 0 aromatic heterocycles. The molecule has 4 heteroatoms. The van der Waals surface area contributed by atoms with Crippen molar-refractivity contribution in [3.63, 3.8) is 0 Å². The maximum atomic E-state index is 11.7. The van der Waals surface area contributed by atoms with Crippen molar-refractivity contribution in [2.24, 2.45) is 0 Å². The number of allylic oxidation sites excluding steroid dienone is 2. The summed E-state index contributed by atoms with van der Waals surface area (Å²) >= 11 is 0. The minimum Gasteiger partial charge on any atom is -0.463 e. The van der Waals surface area contributed by atoms with Gasteiger partial charge in [0.25, 0.3) is 0 Å². The highest BCUT2D eigenvalue weighted by atomic mass is 16.6. The summed E-state index contributed by atoms with van der Waals surface area (Å²) in [5.41, 5.74) is 0. The lowest BCUT2D eigenvalue weighted by molar-refractivity contribution is -0.166. The van der Waals surface area contributed by atoms with Crippen LogP contribution in [0.2, 0.25) is 0 Å². The molecule has 0 bridgehead atoms. The molecule has 0 amide bonds. The monoisotopic (exact) mass is 382 g/mol. The zero-order valence-electron chi connectivity index (χ0n) is 18.0. The first-order valence-electron chi connectivity index (χ1n) is 11.1. The summed E-state index contributed by atoms with van der Waals surface area (Å²) < 4.78 is 9.88.